The molecular weight excluding hydrogens is 434 g/mol. The van der Waals surface area contributed by atoms with E-state index in [1.807, 2.05) is 41.3 Å². The third-order valence-corrected chi connectivity index (χ3v) is 6.84. The summed E-state index contributed by atoms with van der Waals surface area (Å²) >= 11 is 0. The van der Waals surface area contributed by atoms with E-state index in [1.165, 1.54) is 0 Å². The molecule has 6 heteroatoms. The molecule has 35 heavy (non-hydrogen) atoms. The Hall–Kier alpha value is -3.12. The molecule has 1 aliphatic heterocycles. The van der Waals surface area contributed by atoms with Gasteiger partial charge in [0.25, 0.3) is 0 Å². The number of rotatable bonds is 9. The molecule has 1 fully saturated rings. The van der Waals surface area contributed by atoms with Crippen molar-refractivity contribution < 1.29 is 4.79 Å². The van der Waals surface area contributed by atoms with Crippen LogP contribution in [0.1, 0.15) is 37.1 Å². The van der Waals surface area contributed by atoms with E-state index in [1.54, 1.807) is 0 Å². The average molecular weight is 474 g/mol. The highest BCUT2D eigenvalue weighted by atomic mass is 16.2. The molecule has 3 aromatic rings. The number of hydrogen-bond donors (Lipinski definition) is 0. The molecule has 6 nitrogen and oxygen atoms in total. The Bertz CT molecular complexity index is 1090. The van der Waals surface area contributed by atoms with Gasteiger partial charge in [0.1, 0.15) is 5.82 Å². The molecule has 0 atom stereocenters. The summed E-state index contributed by atoms with van der Waals surface area (Å²) in [6.45, 7) is 11.8. The predicted molar refractivity (Wildman–Crippen MR) is 143 cm³/mol. The SMILES string of the molecule is Cc1nn(-c2ccccc2)c(N2CCN(C)CC2)c1CN(CCC(C)C)C(=O)Cc1ccccc1. The summed E-state index contributed by atoms with van der Waals surface area (Å²) in [5, 5.41) is 4.99. The van der Waals surface area contributed by atoms with Crippen molar-refractivity contribution in [2.75, 3.05) is 44.7 Å². The first-order valence-electron chi connectivity index (χ1n) is 12.8. The molecule has 2 heterocycles. The number of carbonyl (C=O) groups is 1. The number of amides is 1. The van der Waals surface area contributed by atoms with Gasteiger partial charge in [-0.15, -0.1) is 0 Å². The molecule has 1 aliphatic rings. The zero-order valence-corrected chi connectivity index (χ0v) is 21.7. The lowest BCUT2D eigenvalue weighted by atomic mass is 10.1. The first-order chi connectivity index (χ1) is 16.9. The second kappa shape index (κ2) is 11.5. The van der Waals surface area contributed by atoms with Gasteiger partial charge in [-0.1, -0.05) is 62.4 Å². The Balaban J connectivity index is 1.68. The van der Waals surface area contributed by atoms with Crippen molar-refractivity contribution in [2.24, 2.45) is 5.92 Å². The molecule has 1 saturated heterocycles. The minimum Gasteiger partial charge on any atom is -0.354 e. The van der Waals surface area contributed by atoms with Crippen LogP contribution in [-0.4, -0.2) is 65.3 Å². The molecule has 0 saturated carbocycles. The highest BCUT2D eigenvalue weighted by Gasteiger charge is 2.27. The monoisotopic (exact) mass is 473 g/mol. The van der Waals surface area contributed by atoms with Crippen molar-refractivity contribution >= 4 is 11.7 Å². The number of benzene rings is 2. The van der Waals surface area contributed by atoms with E-state index in [-0.39, 0.29) is 5.91 Å². The number of anilines is 1. The maximum atomic E-state index is 13.5. The van der Waals surface area contributed by atoms with E-state index in [9.17, 15) is 4.79 Å². The maximum Gasteiger partial charge on any atom is 0.227 e. The van der Waals surface area contributed by atoms with Crippen molar-refractivity contribution in [1.82, 2.24) is 19.6 Å². The second-order valence-corrected chi connectivity index (χ2v) is 10.1. The number of aryl methyl sites for hydroxylation is 1. The fourth-order valence-electron chi connectivity index (χ4n) is 4.60. The van der Waals surface area contributed by atoms with E-state index < -0.39 is 0 Å². The molecule has 4 rings (SSSR count). The number of carbonyl (C=O) groups excluding carboxylic acids is 1. The molecular formula is C29H39N5O. The van der Waals surface area contributed by atoms with Gasteiger partial charge in [-0.2, -0.15) is 5.10 Å². The Morgan fingerprint density at radius 2 is 1.60 bits per heavy atom. The average Bonchev–Trinajstić information content (AvgIpc) is 3.19. The topological polar surface area (TPSA) is 44.6 Å². The van der Waals surface area contributed by atoms with E-state index in [2.05, 4.69) is 66.6 Å². The van der Waals surface area contributed by atoms with Crippen molar-refractivity contribution in [3.8, 4) is 5.69 Å². The fraction of sp³-hybridized carbons (Fsp3) is 0.448. The standard InChI is InChI=1S/C29H39N5O/c1-23(2)15-16-33(28(35)21-25-11-7-5-8-12-25)22-27-24(3)30-34(26-13-9-6-10-14-26)29(27)32-19-17-31(4)18-20-32/h5-14,23H,15-22H2,1-4H3. The third kappa shape index (κ3) is 6.31. The zero-order valence-electron chi connectivity index (χ0n) is 21.7. The number of nitrogens with zero attached hydrogens (tertiary/aromatic N) is 5. The van der Waals surface area contributed by atoms with Crippen LogP contribution in [0.15, 0.2) is 60.7 Å². The van der Waals surface area contributed by atoms with Crippen molar-refractivity contribution in [3.05, 3.63) is 77.5 Å². The van der Waals surface area contributed by atoms with Crippen LogP contribution in [0.5, 0.6) is 0 Å². The van der Waals surface area contributed by atoms with Crippen LogP contribution in [0.2, 0.25) is 0 Å². The smallest absolute Gasteiger partial charge is 0.227 e. The van der Waals surface area contributed by atoms with Crippen LogP contribution in [0.4, 0.5) is 5.82 Å². The molecule has 0 aliphatic carbocycles. The second-order valence-electron chi connectivity index (χ2n) is 10.1. The number of likely N-dealkylation sites (N-methyl/N-ethyl adjacent to an activating group) is 1. The first-order valence-corrected chi connectivity index (χ1v) is 12.8. The van der Waals surface area contributed by atoms with E-state index in [0.29, 0.717) is 18.9 Å². The van der Waals surface area contributed by atoms with Crippen LogP contribution in [0, 0.1) is 12.8 Å². The third-order valence-electron chi connectivity index (χ3n) is 6.84. The summed E-state index contributed by atoms with van der Waals surface area (Å²) in [6.07, 6.45) is 1.41. The Morgan fingerprint density at radius 1 is 0.971 bits per heavy atom. The number of para-hydroxylation sites is 1. The van der Waals surface area contributed by atoms with Crippen LogP contribution in [0.3, 0.4) is 0 Å². The fourth-order valence-corrected chi connectivity index (χ4v) is 4.60. The van der Waals surface area contributed by atoms with Gasteiger partial charge in [0.15, 0.2) is 0 Å². The largest absolute Gasteiger partial charge is 0.354 e. The number of hydrogen-bond acceptors (Lipinski definition) is 4. The lowest BCUT2D eigenvalue weighted by Crippen LogP contribution is -2.45. The first kappa shape index (κ1) is 25.0. The molecule has 0 radical (unpaired) electrons. The van der Waals surface area contributed by atoms with Gasteiger partial charge in [0.05, 0.1) is 24.3 Å². The Kier molecular flexibility index (Phi) is 8.24. The zero-order chi connectivity index (χ0) is 24.8. The summed E-state index contributed by atoms with van der Waals surface area (Å²) < 4.78 is 2.08. The summed E-state index contributed by atoms with van der Waals surface area (Å²) in [6, 6.07) is 20.4. The summed E-state index contributed by atoms with van der Waals surface area (Å²) in [4.78, 5) is 20.4. The summed E-state index contributed by atoms with van der Waals surface area (Å²) in [7, 11) is 2.17. The summed E-state index contributed by atoms with van der Waals surface area (Å²) in [5.74, 6) is 1.84. The van der Waals surface area contributed by atoms with Crippen LogP contribution >= 0.6 is 0 Å². The highest BCUT2D eigenvalue weighted by Crippen LogP contribution is 2.30. The highest BCUT2D eigenvalue weighted by molar-refractivity contribution is 5.79. The summed E-state index contributed by atoms with van der Waals surface area (Å²) in [5.41, 5.74) is 4.26. The molecule has 0 bridgehead atoms. The van der Waals surface area contributed by atoms with Gasteiger partial charge in [0.2, 0.25) is 5.91 Å². The molecule has 0 spiro atoms. The number of aromatic nitrogens is 2. The lowest BCUT2D eigenvalue weighted by molar-refractivity contribution is -0.131. The van der Waals surface area contributed by atoms with Crippen LogP contribution in [-0.2, 0) is 17.8 Å². The van der Waals surface area contributed by atoms with Gasteiger partial charge in [-0.3, -0.25) is 4.79 Å². The van der Waals surface area contributed by atoms with Crippen molar-refractivity contribution in [3.63, 3.8) is 0 Å². The molecule has 2 aromatic carbocycles. The predicted octanol–water partition coefficient (Wildman–Crippen LogP) is 4.55. The number of piperazine rings is 1. The molecule has 0 unspecified atom stereocenters. The van der Waals surface area contributed by atoms with Crippen molar-refractivity contribution in [2.45, 2.75) is 40.2 Å². The van der Waals surface area contributed by atoms with Gasteiger partial charge < -0.3 is 14.7 Å². The molecule has 1 aromatic heterocycles. The van der Waals surface area contributed by atoms with E-state index in [4.69, 9.17) is 5.10 Å². The van der Waals surface area contributed by atoms with E-state index >= 15 is 0 Å². The van der Waals surface area contributed by atoms with E-state index in [0.717, 1.165) is 67.5 Å². The van der Waals surface area contributed by atoms with Crippen LogP contribution in [0.25, 0.3) is 5.69 Å². The minimum absolute atomic E-state index is 0.174. The van der Waals surface area contributed by atoms with Crippen molar-refractivity contribution in [1.29, 1.82) is 0 Å². The molecule has 1 amide bonds. The maximum absolute atomic E-state index is 13.5. The lowest BCUT2D eigenvalue weighted by Gasteiger charge is -2.35. The quantitative estimate of drug-likeness (QED) is 0.457. The Morgan fingerprint density at radius 3 is 2.23 bits per heavy atom. The van der Waals surface area contributed by atoms with Gasteiger partial charge in [-0.25, -0.2) is 4.68 Å². The Labute approximate surface area is 210 Å². The van der Waals surface area contributed by atoms with Gasteiger partial charge in [-0.05, 0) is 44.0 Å². The molecule has 0 N–H and O–H groups in total. The van der Waals surface area contributed by atoms with Crippen LogP contribution < -0.4 is 4.90 Å². The normalized spacial score (nSPS) is 14.5. The van der Waals surface area contributed by atoms with Gasteiger partial charge >= 0.3 is 0 Å². The minimum atomic E-state index is 0.174. The molecule has 186 valence electrons. The van der Waals surface area contributed by atoms with Gasteiger partial charge in [0, 0.05) is 38.3 Å².